The maximum Gasteiger partial charge on any atom is 0.353 e. The van der Waals surface area contributed by atoms with Crippen molar-refractivity contribution in [2.45, 2.75) is 50.1 Å². The molecule has 162 valence electrons. The van der Waals surface area contributed by atoms with Gasteiger partial charge >= 0.3 is 16.2 Å². The minimum Gasteiger partial charge on any atom is -0.477 e. The number of nitrogens with two attached hydrogens (primary N) is 2. The van der Waals surface area contributed by atoms with Crippen LogP contribution in [0, 0.1) is 11.8 Å². The lowest BCUT2D eigenvalue weighted by molar-refractivity contribution is -0.163. The molecule has 2 fully saturated rings. The van der Waals surface area contributed by atoms with Crippen molar-refractivity contribution in [3.05, 3.63) is 10.6 Å². The van der Waals surface area contributed by atoms with Crippen molar-refractivity contribution in [3.63, 3.8) is 0 Å². The van der Waals surface area contributed by atoms with Gasteiger partial charge in [-0.05, 0) is 13.3 Å². The molecule has 3 heterocycles. The number of hydrogen-bond acceptors (Lipinski definition) is 7. The predicted octanol–water partition coefficient (Wildman–Crippen LogP) is -1.45. The molecule has 0 aromatic carbocycles. The SMILES string of the molecule is C[C@@H](O)[C@H]1C(=O)N2C(C(=O)O)=C(S[C@@H]3CN[C@H](C/C(N)=N/S(N)(=O)=O)C3)[C@H](C)[C@H]12. The number of aliphatic hydroxyl groups is 1. The van der Waals surface area contributed by atoms with E-state index >= 15 is 0 Å². The Bertz CT molecular complexity index is 886. The number of amidine groups is 1. The highest BCUT2D eigenvalue weighted by molar-refractivity contribution is 8.03. The first-order valence-electron chi connectivity index (χ1n) is 9.16. The van der Waals surface area contributed by atoms with E-state index in [0.717, 1.165) is 0 Å². The Balaban J connectivity index is 1.71. The van der Waals surface area contributed by atoms with Gasteiger partial charge in [0.15, 0.2) is 0 Å². The second-order valence-electron chi connectivity index (χ2n) is 7.65. The second-order valence-corrected chi connectivity index (χ2v) is 10.2. The number of carboxylic acids is 1. The van der Waals surface area contributed by atoms with Gasteiger partial charge in [0, 0.05) is 35.1 Å². The molecular weight excluding hydrogens is 422 g/mol. The maximum atomic E-state index is 12.4. The van der Waals surface area contributed by atoms with Gasteiger partial charge in [-0.2, -0.15) is 8.42 Å². The van der Waals surface area contributed by atoms with Crippen molar-refractivity contribution in [3.8, 4) is 0 Å². The number of amides is 1. The topological polar surface area (TPSA) is 188 Å². The molecule has 0 saturated carbocycles. The zero-order valence-electron chi connectivity index (χ0n) is 16.0. The minimum atomic E-state index is -4.04. The maximum absolute atomic E-state index is 12.4. The summed E-state index contributed by atoms with van der Waals surface area (Å²) in [6, 6.07) is -0.466. The van der Waals surface area contributed by atoms with Crippen LogP contribution in [-0.2, 0) is 19.8 Å². The van der Waals surface area contributed by atoms with Gasteiger partial charge in [0.25, 0.3) is 0 Å². The lowest BCUT2D eigenvalue weighted by Crippen LogP contribution is -2.63. The Morgan fingerprint density at radius 3 is 2.69 bits per heavy atom. The fourth-order valence-electron chi connectivity index (χ4n) is 4.34. The predicted molar refractivity (Wildman–Crippen MR) is 107 cm³/mol. The zero-order chi connectivity index (χ0) is 21.7. The van der Waals surface area contributed by atoms with Gasteiger partial charge in [0.2, 0.25) is 5.91 Å². The Hall–Kier alpha value is -1.67. The number of carboxylic acid groups (broad SMARTS) is 1. The summed E-state index contributed by atoms with van der Waals surface area (Å²) in [5.74, 6) is -2.41. The number of fused-ring (bicyclic) bond motifs is 1. The van der Waals surface area contributed by atoms with Crippen LogP contribution < -0.4 is 16.2 Å². The lowest BCUT2D eigenvalue weighted by Gasteiger charge is -2.46. The number of rotatable bonds is 7. The van der Waals surface area contributed by atoms with Gasteiger partial charge in [-0.15, -0.1) is 16.2 Å². The summed E-state index contributed by atoms with van der Waals surface area (Å²) in [6.07, 6.45) is -0.0256. The van der Waals surface area contributed by atoms with E-state index in [2.05, 4.69) is 9.71 Å². The number of hydrogen-bond donors (Lipinski definition) is 5. The molecule has 6 atom stereocenters. The van der Waals surface area contributed by atoms with Crippen molar-refractivity contribution in [2.24, 2.45) is 27.1 Å². The molecular formula is C16H25N5O6S2. The first kappa shape index (κ1) is 22.0. The molecule has 29 heavy (non-hydrogen) atoms. The van der Waals surface area contributed by atoms with Crippen LogP contribution in [0.2, 0.25) is 0 Å². The quantitative estimate of drug-likeness (QED) is 0.177. The van der Waals surface area contributed by atoms with Crippen LogP contribution in [0.1, 0.15) is 26.7 Å². The van der Waals surface area contributed by atoms with Crippen LogP contribution in [0.25, 0.3) is 0 Å². The third-order valence-corrected chi connectivity index (χ3v) is 7.49. The molecule has 0 aromatic rings. The molecule has 1 amide bonds. The van der Waals surface area contributed by atoms with Crippen molar-refractivity contribution < 1.29 is 28.2 Å². The minimum absolute atomic E-state index is 0.00634. The van der Waals surface area contributed by atoms with Crippen molar-refractivity contribution in [2.75, 3.05) is 6.54 Å². The summed E-state index contributed by atoms with van der Waals surface area (Å²) < 4.78 is 25.2. The van der Waals surface area contributed by atoms with Crippen molar-refractivity contribution >= 4 is 39.7 Å². The second kappa shape index (κ2) is 7.87. The summed E-state index contributed by atoms with van der Waals surface area (Å²) in [7, 11) is -4.04. The Morgan fingerprint density at radius 2 is 2.14 bits per heavy atom. The summed E-state index contributed by atoms with van der Waals surface area (Å²) in [5, 5.41) is 27.7. The van der Waals surface area contributed by atoms with E-state index in [1.807, 2.05) is 6.92 Å². The van der Waals surface area contributed by atoms with Gasteiger partial charge in [0.05, 0.1) is 18.1 Å². The van der Waals surface area contributed by atoms with Crippen molar-refractivity contribution in [1.82, 2.24) is 10.2 Å². The molecule has 0 spiro atoms. The molecule has 3 aliphatic rings. The van der Waals surface area contributed by atoms with Gasteiger partial charge in [-0.3, -0.25) is 4.79 Å². The van der Waals surface area contributed by atoms with Crippen LogP contribution in [0.15, 0.2) is 15.0 Å². The van der Waals surface area contributed by atoms with Crippen LogP contribution in [0.3, 0.4) is 0 Å². The zero-order valence-corrected chi connectivity index (χ0v) is 17.6. The fourth-order valence-corrected chi connectivity index (χ4v) is 6.26. The monoisotopic (exact) mass is 447 g/mol. The van der Waals surface area contributed by atoms with E-state index in [0.29, 0.717) is 17.9 Å². The highest BCUT2D eigenvalue weighted by Gasteiger charge is 2.60. The van der Waals surface area contributed by atoms with Crippen LogP contribution in [0.5, 0.6) is 0 Å². The van der Waals surface area contributed by atoms with E-state index in [9.17, 15) is 28.2 Å². The molecule has 13 heteroatoms. The standard InChI is InChI=1S/C16H25N5O6S2/c1-6-12-11(7(2)22)15(23)21(12)13(16(24)25)14(6)28-9-3-8(19-5-9)4-10(17)20-29(18,26)27/h6-9,11-12,19,22H,3-5H2,1-2H3,(H2,17,20)(H,24,25)(H2,18,26,27)/t6-,7-,8+,9+,11-,12-/m1/s1. The highest BCUT2D eigenvalue weighted by Crippen LogP contribution is 2.51. The Kier molecular flexibility index (Phi) is 5.98. The largest absolute Gasteiger partial charge is 0.477 e. The van der Waals surface area contributed by atoms with Gasteiger partial charge in [-0.1, -0.05) is 6.92 Å². The molecule has 2 saturated heterocycles. The van der Waals surface area contributed by atoms with E-state index in [-0.39, 0.29) is 47.1 Å². The molecule has 11 nitrogen and oxygen atoms in total. The van der Waals surface area contributed by atoms with E-state index < -0.39 is 28.2 Å². The van der Waals surface area contributed by atoms with E-state index in [1.165, 1.54) is 23.6 Å². The van der Waals surface area contributed by atoms with Crippen LogP contribution in [0.4, 0.5) is 0 Å². The van der Waals surface area contributed by atoms with Crippen molar-refractivity contribution in [1.29, 1.82) is 0 Å². The number of nitrogens with one attached hydrogen (secondary N) is 1. The molecule has 0 bridgehead atoms. The first-order valence-corrected chi connectivity index (χ1v) is 11.5. The third-order valence-electron chi connectivity index (χ3n) is 5.49. The summed E-state index contributed by atoms with van der Waals surface area (Å²) >= 11 is 1.40. The van der Waals surface area contributed by atoms with Gasteiger partial charge in [0.1, 0.15) is 11.5 Å². The highest BCUT2D eigenvalue weighted by atomic mass is 32.2. The summed E-state index contributed by atoms with van der Waals surface area (Å²) in [5.41, 5.74) is 5.62. The van der Waals surface area contributed by atoms with Crippen LogP contribution in [-0.4, -0.2) is 71.2 Å². The van der Waals surface area contributed by atoms with E-state index in [1.54, 1.807) is 0 Å². The average molecular weight is 448 g/mol. The number of aliphatic carboxylic acids is 1. The summed E-state index contributed by atoms with van der Waals surface area (Å²) in [6.45, 7) is 3.98. The Morgan fingerprint density at radius 1 is 1.48 bits per heavy atom. The smallest absolute Gasteiger partial charge is 0.353 e. The molecule has 0 aliphatic carbocycles. The molecule has 3 rings (SSSR count). The fraction of sp³-hybridized carbons (Fsp3) is 0.688. The number of β-lactam (4-membered cyclic amide) rings is 1. The molecule has 3 aliphatic heterocycles. The first-order chi connectivity index (χ1) is 13.4. The molecule has 7 N–H and O–H groups in total. The summed E-state index contributed by atoms with van der Waals surface area (Å²) in [4.78, 5) is 26.1. The number of carbonyl (C=O) groups is 2. The average Bonchev–Trinajstić information content (AvgIpc) is 3.07. The van der Waals surface area contributed by atoms with Gasteiger partial charge in [-0.25, -0.2) is 9.93 Å². The van der Waals surface area contributed by atoms with Crippen LogP contribution >= 0.6 is 11.8 Å². The normalized spacial score (nSPS) is 33.7. The van der Waals surface area contributed by atoms with Gasteiger partial charge < -0.3 is 26.2 Å². The molecule has 0 unspecified atom stereocenters. The number of aliphatic hydroxyl groups excluding tert-OH is 1. The number of carbonyl (C=O) groups excluding carboxylic acids is 1. The van der Waals surface area contributed by atoms with E-state index in [4.69, 9.17) is 10.9 Å². The number of nitrogens with zero attached hydrogens (tertiary/aromatic N) is 2. The molecule has 0 aromatic heterocycles. The number of thioether (sulfide) groups is 1. The molecule has 0 radical (unpaired) electrons. The third kappa shape index (κ3) is 4.28. The lowest BCUT2D eigenvalue weighted by atomic mass is 9.79. The Labute approximate surface area is 172 Å².